The highest BCUT2D eigenvalue weighted by Crippen LogP contribution is 2.27. The van der Waals surface area contributed by atoms with Crippen LogP contribution in [0.2, 0.25) is 5.02 Å². The monoisotopic (exact) mass is 445 g/mol. The van der Waals surface area contributed by atoms with Gasteiger partial charge < -0.3 is 14.4 Å². The molecule has 0 saturated carbocycles. The van der Waals surface area contributed by atoms with E-state index in [1.54, 1.807) is 7.11 Å². The number of rotatable bonds is 8. The van der Waals surface area contributed by atoms with Crippen LogP contribution in [0.4, 0.5) is 0 Å². The van der Waals surface area contributed by atoms with Crippen molar-refractivity contribution in [3.63, 3.8) is 0 Å². The van der Waals surface area contributed by atoms with Gasteiger partial charge in [0, 0.05) is 18.7 Å². The third-order valence-corrected chi connectivity index (χ3v) is 5.95. The smallest absolute Gasteiger partial charge is 0.128 e. The van der Waals surface area contributed by atoms with E-state index in [1.165, 1.54) is 11.1 Å². The standard InChI is InChI=1S/C28H28ClNO2/c1-21(19-22-7-12-25(29)13-8-22)23-10-15-27(16-11-23)32-20-26-14-9-24-5-3-4-6-28(24)30(26)17-18-31-2/h3-16,19,28H,17-18,20H2,1-2H3. The van der Waals surface area contributed by atoms with Crippen molar-refractivity contribution in [3.8, 4) is 5.75 Å². The number of fused-ring (bicyclic) bond motifs is 1. The minimum atomic E-state index is 0.238. The van der Waals surface area contributed by atoms with Gasteiger partial charge in [0.25, 0.3) is 0 Å². The zero-order valence-electron chi connectivity index (χ0n) is 18.5. The van der Waals surface area contributed by atoms with Crippen LogP contribution in [0.1, 0.15) is 18.1 Å². The predicted molar refractivity (Wildman–Crippen MR) is 134 cm³/mol. The summed E-state index contributed by atoms with van der Waals surface area (Å²) >= 11 is 5.98. The predicted octanol–water partition coefficient (Wildman–Crippen LogP) is 6.55. The Morgan fingerprint density at radius 1 is 1.03 bits per heavy atom. The molecule has 0 saturated heterocycles. The number of methoxy groups -OCH3 is 1. The van der Waals surface area contributed by atoms with E-state index in [0.717, 1.165) is 34.1 Å². The van der Waals surface area contributed by atoms with Gasteiger partial charge in [0.15, 0.2) is 0 Å². The zero-order valence-corrected chi connectivity index (χ0v) is 19.3. The van der Waals surface area contributed by atoms with Crippen LogP contribution in [0.15, 0.2) is 96.3 Å². The number of hydrogen-bond acceptors (Lipinski definition) is 3. The summed E-state index contributed by atoms with van der Waals surface area (Å²) in [4.78, 5) is 2.35. The fourth-order valence-corrected chi connectivity index (χ4v) is 4.04. The Morgan fingerprint density at radius 3 is 2.56 bits per heavy atom. The lowest BCUT2D eigenvalue weighted by atomic mass is 9.96. The number of allylic oxidation sites excluding steroid dienone is 5. The van der Waals surface area contributed by atoms with Crippen LogP contribution < -0.4 is 4.74 Å². The molecule has 2 aromatic carbocycles. The Hall–Kier alpha value is -3.01. The number of hydrogen-bond donors (Lipinski definition) is 0. The summed E-state index contributed by atoms with van der Waals surface area (Å²) in [6, 6.07) is 16.4. The van der Waals surface area contributed by atoms with E-state index in [-0.39, 0.29) is 6.04 Å². The summed E-state index contributed by atoms with van der Waals surface area (Å²) in [6.45, 7) is 4.12. The number of benzene rings is 2. The SMILES string of the molecule is COCCN1C(COc2ccc(C(C)=Cc3ccc(Cl)cc3)cc2)=CC=C2C=CC=CC21. The lowest BCUT2D eigenvalue weighted by molar-refractivity contribution is 0.149. The van der Waals surface area contributed by atoms with E-state index >= 15 is 0 Å². The van der Waals surface area contributed by atoms with Gasteiger partial charge in [-0.1, -0.05) is 72.3 Å². The second kappa shape index (κ2) is 10.5. The lowest BCUT2D eigenvalue weighted by Gasteiger charge is -2.37. The van der Waals surface area contributed by atoms with E-state index in [0.29, 0.717) is 13.2 Å². The van der Waals surface area contributed by atoms with Gasteiger partial charge >= 0.3 is 0 Å². The Balaban J connectivity index is 1.42. The Bertz CT molecular complexity index is 1080. The molecular weight excluding hydrogens is 418 g/mol. The maximum absolute atomic E-state index is 6.15. The fourth-order valence-electron chi connectivity index (χ4n) is 3.92. The van der Waals surface area contributed by atoms with E-state index in [1.807, 2.05) is 36.4 Å². The number of halogens is 1. The van der Waals surface area contributed by atoms with Gasteiger partial charge in [-0.3, -0.25) is 0 Å². The van der Waals surface area contributed by atoms with Crippen LogP contribution in [0, 0.1) is 0 Å². The molecule has 1 aliphatic carbocycles. The van der Waals surface area contributed by atoms with Gasteiger partial charge in [0.1, 0.15) is 12.4 Å². The van der Waals surface area contributed by atoms with Crippen LogP contribution in [0.5, 0.6) is 5.75 Å². The van der Waals surface area contributed by atoms with Crippen molar-refractivity contribution in [3.05, 3.63) is 112 Å². The molecule has 4 rings (SSSR count). The van der Waals surface area contributed by atoms with Gasteiger partial charge in [-0.25, -0.2) is 0 Å². The first-order valence-electron chi connectivity index (χ1n) is 10.8. The van der Waals surface area contributed by atoms with E-state index < -0.39 is 0 Å². The van der Waals surface area contributed by atoms with Crippen molar-refractivity contribution in [1.29, 1.82) is 0 Å². The molecule has 0 aromatic heterocycles. The van der Waals surface area contributed by atoms with Crippen molar-refractivity contribution in [1.82, 2.24) is 4.90 Å². The zero-order chi connectivity index (χ0) is 22.3. The lowest BCUT2D eigenvalue weighted by Crippen LogP contribution is -2.40. The molecule has 1 atom stereocenters. The average molecular weight is 446 g/mol. The maximum atomic E-state index is 6.15. The topological polar surface area (TPSA) is 21.7 Å². The summed E-state index contributed by atoms with van der Waals surface area (Å²) in [5, 5.41) is 0.748. The van der Waals surface area contributed by atoms with Crippen molar-refractivity contribution in [2.75, 3.05) is 26.9 Å². The second-order valence-corrected chi connectivity index (χ2v) is 8.33. The molecule has 0 fully saturated rings. The van der Waals surface area contributed by atoms with E-state index in [2.05, 4.69) is 66.5 Å². The van der Waals surface area contributed by atoms with Crippen LogP contribution in [-0.4, -0.2) is 37.8 Å². The van der Waals surface area contributed by atoms with E-state index in [9.17, 15) is 0 Å². The largest absolute Gasteiger partial charge is 0.487 e. The first kappa shape index (κ1) is 22.2. The third-order valence-electron chi connectivity index (χ3n) is 5.69. The summed E-state index contributed by atoms with van der Waals surface area (Å²) in [5.41, 5.74) is 5.93. The molecular formula is C28H28ClNO2. The van der Waals surface area contributed by atoms with Gasteiger partial charge in [-0.15, -0.1) is 0 Å². The molecule has 2 aromatic rings. The highest BCUT2D eigenvalue weighted by molar-refractivity contribution is 6.30. The van der Waals surface area contributed by atoms with Gasteiger partial charge in [-0.2, -0.15) is 0 Å². The first-order chi connectivity index (χ1) is 15.6. The summed E-state index contributed by atoms with van der Waals surface area (Å²) < 4.78 is 11.5. The Kier molecular flexibility index (Phi) is 7.31. The molecule has 164 valence electrons. The molecule has 0 amide bonds. The van der Waals surface area contributed by atoms with Crippen molar-refractivity contribution >= 4 is 23.3 Å². The number of nitrogens with zero attached hydrogens (tertiary/aromatic N) is 1. The van der Waals surface area contributed by atoms with Crippen molar-refractivity contribution < 1.29 is 9.47 Å². The molecule has 0 bridgehead atoms. The van der Waals surface area contributed by atoms with Gasteiger partial charge in [-0.05, 0) is 59.5 Å². The minimum Gasteiger partial charge on any atom is -0.487 e. The Morgan fingerprint density at radius 2 is 1.81 bits per heavy atom. The highest BCUT2D eigenvalue weighted by atomic mass is 35.5. The number of ether oxygens (including phenoxy) is 2. The van der Waals surface area contributed by atoms with Crippen molar-refractivity contribution in [2.24, 2.45) is 0 Å². The maximum Gasteiger partial charge on any atom is 0.128 e. The average Bonchev–Trinajstić information content (AvgIpc) is 2.83. The molecule has 0 radical (unpaired) electrons. The molecule has 1 unspecified atom stereocenters. The summed E-state index contributed by atoms with van der Waals surface area (Å²) in [7, 11) is 1.74. The van der Waals surface area contributed by atoms with Gasteiger partial charge in [0.2, 0.25) is 0 Å². The quantitative estimate of drug-likeness (QED) is 0.430. The van der Waals surface area contributed by atoms with Crippen LogP contribution >= 0.6 is 11.6 Å². The normalized spacial score (nSPS) is 17.7. The molecule has 1 heterocycles. The molecule has 32 heavy (non-hydrogen) atoms. The molecule has 2 aliphatic rings. The fraction of sp³-hybridized carbons (Fsp3) is 0.214. The first-order valence-corrected chi connectivity index (χ1v) is 11.2. The molecule has 0 spiro atoms. The van der Waals surface area contributed by atoms with Gasteiger partial charge in [0.05, 0.1) is 18.3 Å². The molecule has 3 nitrogen and oxygen atoms in total. The molecule has 1 aliphatic heterocycles. The summed E-state index contributed by atoms with van der Waals surface area (Å²) in [6.07, 6.45) is 15.1. The summed E-state index contributed by atoms with van der Waals surface area (Å²) in [5.74, 6) is 0.856. The third kappa shape index (κ3) is 5.42. The van der Waals surface area contributed by atoms with E-state index in [4.69, 9.17) is 21.1 Å². The highest BCUT2D eigenvalue weighted by Gasteiger charge is 2.25. The van der Waals surface area contributed by atoms with Crippen LogP contribution in [0.25, 0.3) is 11.6 Å². The van der Waals surface area contributed by atoms with Crippen LogP contribution in [0.3, 0.4) is 0 Å². The second-order valence-electron chi connectivity index (χ2n) is 7.89. The van der Waals surface area contributed by atoms with Crippen molar-refractivity contribution in [2.45, 2.75) is 13.0 Å². The Labute approximate surface area is 195 Å². The van der Waals surface area contributed by atoms with Crippen LogP contribution in [-0.2, 0) is 4.74 Å². The molecule has 4 heteroatoms. The molecule has 0 N–H and O–H groups in total. The minimum absolute atomic E-state index is 0.238.